The maximum absolute atomic E-state index is 11.9. The lowest BCUT2D eigenvalue weighted by Gasteiger charge is -2.10. The number of unbranched alkanes of at least 4 members (excludes halogenated alkanes) is 1. The summed E-state index contributed by atoms with van der Waals surface area (Å²) in [7, 11) is 2.55. The predicted octanol–water partition coefficient (Wildman–Crippen LogP) is 6.22. The van der Waals surface area contributed by atoms with Crippen LogP contribution in [0.5, 0.6) is 11.5 Å². The van der Waals surface area contributed by atoms with Crippen molar-refractivity contribution in [3.63, 3.8) is 0 Å². The standard InChI is InChI=1S/C27H28N2O6/c1-19-6-8-22(9-7-19)28-29-23-10-12-24(13-11-23)34-14-4-5-15-35-25-17-20(26(30)32-2)16-21(18-25)27(31)33-3/h6-13,16-18H,4-5,14-15H2,1-3H3. The highest BCUT2D eigenvalue weighted by molar-refractivity contribution is 5.96. The van der Waals surface area contributed by atoms with Crippen LogP contribution in [0.3, 0.4) is 0 Å². The minimum atomic E-state index is -0.559. The van der Waals surface area contributed by atoms with E-state index in [2.05, 4.69) is 10.2 Å². The van der Waals surface area contributed by atoms with Gasteiger partial charge in [0.15, 0.2) is 0 Å². The van der Waals surface area contributed by atoms with Gasteiger partial charge in [0.05, 0.1) is 49.9 Å². The van der Waals surface area contributed by atoms with Crippen molar-refractivity contribution in [2.24, 2.45) is 10.2 Å². The van der Waals surface area contributed by atoms with Crippen molar-refractivity contribution in [1.82, 2.24) is 0 Å². The van der Waals surface area contributed by atoms with E-state index < -0.39 is 11.9 Å². The fourth-order valence-electron chi connectivity index (χ4n) is 3.07. The summed E-state index contributed by atoms with van der Waals surface area (Å²) in [6, 6.07) is 19.7. The van der Waals surface area contributed by atoms with Crippen molar-refractivity contribution in [2.75, 3.05) is 27.4 Å². The van der Waals surface area contributed by atoms with Crippen LogP contribution in [-0.2, 0) is 9.47 Å². The number of hydrogen-bond acceptors (Lipinski definition) is 8. The Morgan fingerprint density at radius 1 is 0.657 bits per heavy atom. The van der Waals surface area contributed by atoms with Crippen molar-refractivity contribution in [3.05, 3.63) is 83.4 Å². The molecule has 0 aliphatic rings. The van der Waals surface area contributed by atoms with E-state index in [0.717, 1.165) is 30.0 Å². The van der Waals surface area contributed by atoms with Crippen molar-refractivity contribution in [1.29, 1.82) is 0 Å². The van der Waals surface area contributed by atoms with Crippen LogP contribution in [0.1, 0.15) is 39.1 Å². The maximum Gasteiger partial charge on any atom is 0.338 e. The second-order valence-electron chi connectivity index (χ2n) is 7.66. The molecule has 0 saturated carbocycles. The van der Waals surface area contributed by atoms with Gasteiger partial charge in [-0.05, 0) is 74.4 Å². The number of hydrogen-bond donors (Lipinski definition) is 0. The number of esters is 2. The van der Waals surface area contributed by atoms with Crippen molar-refractivity contribution in [3.8, 4) is 11.5 Å². The zero-order valence-corrected chi connectivity index (χ0v) is 20.0. The van der Waals surface area contributed by atoms with Crippen LogP contribution in [0.25, 0.3) is 0 Å². The topological polar surface area (TPSA) is 95.8 Å². The maximum atomic E-state index is 11.9. The lowest BCUT2D eigenvalue weighted by atomic mass is 10.1. The summed E-state index contributed by atoms with van der Waals surface area (Å²) in [4.78, 5) is 23.7. The van der Waals surface area contributed by atoms with Crippen LogP contribution in [0.15, 0.2) is 77.0 Å². The van der Waals surface area contributed by atoms with Gasteiger partial charge in [0.1, 0.15) is 11.5 Å². The Kier molecular flexibility index (Phi) is 9.36. The highest BCUT2D eigenvalue weighted by Crippen LogP contribution is 2.22. The molecule has 0 atom stereocenters. The number of azo groups is 1. The zero-order valence-electron chi connectivity index (χ0n) is 20.0. The third kappa shape index (κ3) is 7.96. The predicted molar refractivity (Wildman–Crippen MR) is 131 cm³/mol. The first-order valence-electron chi connectivity index (χ1n) is 11.1. The van der Waals surface area contributed by atoms with Gasteiger partial charge >= 0.3 is 11.9 Å². The third-order valence-electron chi connectivity index (χ3n) is 4.98. The molecule has 8 heteroatoms. The van der Waals surface area contributed by atoms with Gasteiger partial charge in [0.25, 0.3) is 0 Å². The molecule has 0 aliphatic carbocycles. The number of nitrogens with zero attached hydrogens (tertiary/aromatic N) is 2. The van der Waals surface area contributed by atoms with E-state index in [-0.39, 0.29) is 11.1 Å². The number of carbonyl (C=O) groups is 2. The Balaban J connectivity index is 1.42. The molecule has 3 aromatic carbocycles. The first-order chi connectivity index (χ1) is 17.0. The van der Waals surface area contributed by atoms with E-state index in [9.17, 15) is 9.59 Å². The second-order valence-corrected chi connectivity index (χ2v) is 7.66. The van der Waals surface area contributed by atoms with Gasteiger partial charge in [-0.2, -0.15) is 10.2 Å². The Hall–Kier alpha value is -4.20. The van der Waals surface area contributed by atoms with Crippen LogP contribution in [0.2, 0.25) is 0 Å². The Bertz CT molecular complexity index is 1120. The molecule has 0 heterocycles. The molecule has 8 nitrogen and oxygen atoms in total. The Labute approximate surface area is 204 Å². The lowest BCUT2D eigenvalue weighted by molar-refractivity contribution is 0.0598. The summed E-state index contributed by atoms with van der Waals surface area (Å²) in [5.41, 5.74) is 3.16. The molecular formula is C27H28N2O6. The molecule has 0 radical (unpaired) electrons. The molecule has 0 aliphatic heterocycles. The average Bonchev–Trinajstić information content (AvgIpc) is 2.89. The summed E-state index contributed by atoms with van der Waals surface area (Å²) in [5, 5.41) is 8.46. The number of rotatable bonds is 11. The van der Waals surface area contributed by atoms with E-state index in [0.29, 0.717) is 19.0 Å². The van der Waals surface area contributed by atoms with E-state index in [1.807, 2.05) is 55.5 Å². The number of carbonyl (C=O) groups excluding carboxylic acids is 2. The summed E-state index contributed by atoms with van der Waals surface area (Å²) in [5.74, 6) is 0.0200. The van der Waals surface area contributed by atoms with E-state index in [1.54, 1.807) is 0 Å². The molecule has 0 spiro atoms. The second kappa shape index (κ2) is 12.9. The summed E-state index contributed by atoms with van der Waals surface area (Å²) in [6.07, 6.45) is 1.48. The van der Waals surface area contributed by atoms with Crippen LogP contribution < -0.4 is 9.47 Å². The normalized spacial score (nSPS) is 10.7. The minimum absolute atomic E-state index is 0.218. The summed E-state index contributed by atoms with van der Waals surface area (Å²) < 4.78 is 20.9. The largest absolute Gasteiger partial charge is 0.494 e. The van der Waals surface area contributed by atoms with Crippen LogP contribution in [0.4, 0.5) is 11.4 Å². The number of benzene rings is 3. The van der Waals surface area contributed by atoms with E-state index in [1.165, 1.54) is 38.0 Å². The summed E-state index contributed by atoms with van der Waals surface area (Å²) >= 11 is 0. The number of methoxy groups -OCH3 is 2. The molecule has 0 fully saturated rings. The van der Waals surface area contributed by atoms with Gasteiger partial charge in [-0.15, -0.1) is 0 Å². The fraction of sp³-hybridized carbons (Fsp3) is 0.259. The molecule has 35 heavy (non-hydrogen) atoms. The minimum Gasteiger partial charge on any atom is -0.494 e. The van der Waals surface area contributed by atoms with Gasteiger partial charge in [0.2, 0.25) is 0 Å². The van der Waals surface area contributed by atoms with Crippen LogP contribution in [0, 0.1) is 6.92 Å². The van der Waals surface area contributed by atoms with Crippen LogP contribution in [-0.4, -0.2) is 39.4 Å². The molecule has 3 aromatic rings. The first-order valence-corrected chi connectivity index (χ1v) is 11.1. The molecule has 0 aromatic heterocycles. The molecule has 0 N–H and O–H groups in total. The molecule has 0 amide bonds. The van der Waals surface area contributed by atoms with Crippen molar-refractivity contribution in [2.45, 2.75) is 19.8 Å². The summed E-state index contributed by atoms with van der Waals surface area (Å²) in [6.45, 7) is 2.94. The third-order valence-corrected chi connectivity index (χ3v) is 4.98. The molecule has 0 unspecified atom stereocenters. The molecular weight excluding hydrogens is 448 g/mol. The highest BCUT2D eigenvalue weighted by Gasteiger charge is 2.14. The Morgan fingerprint density at radius 3 is 1.60 bits per heavy atom. The zero-order chi connectivity index (χ0) is 25.0. The van der Waals surface area contributed by atoms with Gasteiger partial charge in [-0.25, -0.2) is 9.59 Å². The van der Waals surface area contributed by atoms with Crippen LogP contribution >= 0.6 is 0 Å². The fourth-order valence-corrected chi connectivity index (χ4v) is 3.07. The lowest BCUT2D eigenvalue weighted by Crippen LogP contribution is -2.08. The molecule has 182 valence electrons. The molecule has 0 bridgehead atoms. The van der Waals surface area contributed by atoms with E-state index >= 15 is 0 Å². The number of aryl methyl sites for hydroxylation is 1. The van der Waals surface area contributed by atoms with Gasteiger partial charge in [-0.1, -0.05) is 17.7 Å². The average molecular weight is 477 g/mol. The van der Waals surface area contributed by atoms with Crippen molar-refractivity contribution >= 4 is 23.3 Å². The number of ether oxygens (including phenoxy) is 4. The SMILES string of the molecule is COC(=O)c1cc(OCCCCOc2ccc(N=Nc3ccc(C)cc3)cc2)cc(C(=O)OC)c1. The molecule has 0 saturated heterocycles. The highest BCUT2D eigenvalue weighted by atomic mass is 16.5. The van der Waals surface area contributed by atoms with Gasteiger partial charge in [0, 0.05) is 0 Å². The van der Waals surface area contributed by atoms with E-state index in [4.69, 9.17) is 18.9 Å². The Morgan fingerprint density at radius 2 is 1.11 bits per heavy atom. The van der Waals surface area contributed by atoms with Crippen molar-refractivity contribution < 1.29 is 28.5 Å². The van der Waals surface area contributed by atoms with Gasteiger partial charge < -0.3 is 18.9 Å². The monoisotopic (exact) mass is 476 g/mol. The first kappa shape index (κ1) is 25.4. The molecule has 3 rings (SSSR count). The quantitative estimate of drug-likeness (QED) is 0.185. The smallest absolute Gasteiger partial charge is 0.338 e. The van der Waals surface area contributed by atoms with Gasteiger partial charge in [-0.3, -0.25) is 0 Å².